The van der Waals surface area contributed by atoms with E-state index in [2.05, 4.69) is 20.9 Å². The summed E-state index contributed by atoms with van der Waals surface area (Å²) in [5.41, 5.74) is 0.720. The number of rotatable bonds is 11. The number of benzene rings is 1. The van der Waals surface area contributed by atoms with Crippen LogP contribution in [0, 0.1) is 5.92 Å². The first-order chi connectivity index (χ1) is 13.7. The monoisotopic (exact) mass is 392 g/mol. The van der Waals surface area contributed by atoms with E-state index in [0.29, 0.717) is 24.8 Å². The van der Waals surface area contributed by atoms with E-state index in [1.54, 1.807) is 13.1 Å². The maximum atomic E-state index is 11.1. The zero-order valence-electron chi connectivity index (χ0n) is 16.8. The van der Waals surface area contributed by atoms with Crippen LogP contribution in [0.25, 0.3) is 0 Å². The van der Waals surface area contributed by atoms with Crippen LogP contribution < -0.4 is 20.7 Å². The predicted molar refractivity (Wildman–Crippen MR) is 110 cm³/mol. The number of ether oxygens (including phenoxy) is 3. The van der Waals surface area contributed by atoms with Crippen LogP contribution in [0.3, 0.4) is 0 Å². The molecule has 0 aromatic heterocycles. The molecule has 0 spiro atoms. The summed E-state index contributed by atoms with van der Waals surface area (Å²) in [7, 11) is 1.74. The van der Waals surface area contributed by atoms with Crippen molar-refractivity contribution < 1.29 is 19.0 Å². The molecule has 2 rings (SSSR count). The molecule has 1 fully saturated rings. The quantitative estimate of drug-likeness (QED) is 0.301. The molecule has 0 bridgehead atoms. The molecule has 8 heteroatoms. The number of aliphatic imine (C=N–C) groups is 1. The van der Waals surface area contributed by atoms with Crippen LogP contribution in [0.4, 0.5) is 5.69 Å². The van der Waals surface area contributed by atoms with Crippen molar-refractivity contribution in [3.05, 3.63) is 24.3 Å². The molecule has 1 aromatic rings. The van der Waals surface area contributed by atoms with E-state index in [-0.39, 0.29) is 5.91 Å². The highest BCUT2D eigenvalue weighted by Gasteiger charge is 2.15. The number of hydrogen-bond acceptors (Lipinski definition) is 5. The molecule has 1 saturated heterocycles. The number of nitrogens with one attached hydrogen (secondary N) is 3. The molecule has 3 N–H and O–H groups in total. The molecule has 1 atom stereocenters. The Morgan fingerprint density at radius 2 is 2.14 bits per heavy atom. The number of nitrogens with zero attached hydrogens (tertiary/aromatic N) is 1. The highest BCUT2D eigenvalue weighted by Crippen LogP contribution is 2.17. The lowest BCUT2D eigenvalue weighted by atomic mass is 10.1. The lowest BCUT2D eigenvalue weighted by molar-refractivity contribution is -0.114. The fourth-order valence-electron chi connectivity index (χ4n) is 2.77. The standard InChI is InChI=1S/C20H32N4O4/c1-16(25)24-18-5-3-6-19(13-18)28-12-9-23-20(21-2)22-8-4-10-26-14-17-7-11-27-15-17/h3,5-6,13,17H,4,7-12,14-15H2,1-2H3,(H,24,25)(H2,21,22,23). The molecule has 8 nitrogen and oxygen atoms in total. The Bertz CT molecular complexity index is 618. The molecule has 156 valence electrons. The van der Waals surface area contributed by atoms with Crippen LogP contribution in [0.1, 0.15) is 19.8 Å². The van der Waals surface area contributed by atoms with E-state index in [1.165, 1.54) is 6.92 Å². The van der Waals surface area contributed by atoms with Gasteiger partial charge in [-0.3, -0.25) is 9.79 Å². The average Bonchev–Trinajstić information content (AvgIpc) is 3.19. The summed E-state index contributed by atoms with van der Waals surface area (Å²) >= 11 is 0. The van der Waals surface area contributed by atoms with Crippen molar-refractivity contribution in [3.8, 4) is 5.75 Å². The highest BCUT2D eigenvalue weighted by atomic mass is 16.5. The van der Waals surface area contributed by atoms with Gasteiger partial charge in [0.25, 0.3) is 0 Å². The summed E-state index contributed by atoms with van der Waals surface area (Å²) in [6.45, 7) is 6.57. The summed E-state index contributed by atoms with van der Waals surface area (Å²) in [6, 6.07) is 7.32. The number of amides is 1. The van der Waals surface area contributed by atoms with Crippen molar-refractivity contribution in [3.63, 3.8) is 0 Å². The molecule has 1 heterocycles. The van der Waals surface area contributed by atoms with E-state index >= 15 is 0 Å². The fraction of sp³-hybridized carbons (Fsp3) is 0.600. The minimum atomic E-state index is -0.105. The van der Waals surface area contributed by atoms with E-state index in [4.69, 9.17) is 14.2 Å². The lowest BCUT2D eigenvalue weighted by Crippen LogP contribution is -2.39. The van der Waals surface area contributed by atoms with Crippen LogP contribution in [0.5, 0.6) is 5.75 Å². The van der Waals surface area contributed by atoms with Gasteiger partial charge in [-0.2, -0.15) is 0 Å². The van der Waals surface area contributed by atoms with Gasteiger partial charge in [-0.05, 0) is 25.0 Å². The second-order valence-electron chi connectivity index (χ2n) is 6.64. The Morgan fingerprint density at radius 1 is 1.29 bits per heavy atom. The summed E-state index contributed by atoms with van der Waals surface area (Å²) < 4.78 is 16.7. The topological polar surface area (TPSA) is 93.2 Å². The van der Waals surface area contributed by atoms with Gasteiger partial charge in [0.15, 0.2) is 5.96 Å². The summed E-state index contributed by atoms with van der Waals surface area (Å²) in [6.07, 6.45) is 2.02. The first-order valence-electron chi connectivity index (χ1n) is 9.78. The van der Waals surface area contributed by atoms with Crippen LogP contribution in [-0.4, -0.2) is 65.0 Å². The van der Waals surface area contributed by atoms with E-state index in [9.17, 15) is 4.79 Å². The highest BCUT2D eigenvalue weighted by molar-refractivity contribution is 5.88. The number of carbonyl (C=O) groups is 1. The first-order valence-corrected chi connectivity index (χ1v) is 9.78. The third-order valence-corrected chi connectivity index (χ3v) is 4.18. The summed E-state index contributed by atoms with van der Waals surface area (Å²) in [5.74, 6) is 1.90. The maximum Gasteiger partial charge on any atom is 0.221 e. The summed E-state index contributed by atoms with van der Waals surface area (Å²) in [5, 5.41) is 9.20. The van der Waals surface area contributed by atoms with Gasteiger partial charge in [0.1, 0.15) is 12.4 Å². The Labute approximate surface area is 167 Å². The zero-order chi connectivity index (χ0) is 20.0. The van der Waals surface area contributed by atoms with Crippen LogP contribution >= 0.6 is 0 Å². The van der Waals surface area contributed by atoms with E-state index in [1.807, 2.05) is 18.2 Å². The van der Waals surface area contributed by atoms with Gasteiger partial charge >= 0.3 is 0 Å². The lowest BCUT2D eigenvalue weighted by Gasteiger charge is -2.13. The van der Waals surface area contributed by atoms with Crippen molar-refractivity contribution in [1.82, 2.24) is 10.6 Å². The first kappa shape index (κ1) is 22.0. The second kappa shape index (κ2) is 13.0. The predicted octanol–water partition coefficient (Wildman–Crippen LogP) is 1.63. The molecular formula is C20H32N4O4. The van der Waals surface area contributed by atoms with Crippen LogP contribution in [-0.2, 0) is 14.3 Å². The molecule has 1 unspecified atom stereocenters. The van der Waals surface area contributed by atoms with Gasteiger partial charge in [0, 0.05) is 51.4 Å². The normalized spacial score (nSPS) is 16.6. The van der Waals surface area contributed by atoms with Crippen molar-refractivity contribution >= 4 is 17.6 Å². The SMILES string of the molecule is CN=C(NCCCOCC1CCOC1)NCCOc1cccc(NC(C)=O)c1. The fourth-order valence-corrected chi connectivity index (χ4v) is 2.77. The second-order valence-corrected chi connectivity index (χ2v) is 6.64. The van der Waals surface area contributed by atoms with Crippen molar-refractivity contribution in [2.24, 2.45) is 10.9 Å². The van der Waals surface area contributed by atoms with Gasteiger partial charge in [-0.25, -0.2) is 0 Å². The number of carbonyl (C=O) groups excluding carboxylic acids is 1. The van der Waals surface area contributed by atoms with E-state index in [0.717, 1.165) is 57.5 Å². The molecular weight excluding hydrogens is 360 g/mol. The molecule has 1 aromatic carbocycles. The molecule has 1 amide bonds. The van der Waals surface area contributed by atoms with Gasteiger partial charge in [0.2, 0.25) is 5.91 Å². The van der Waals surface area contributed by atoms with Gasteiger partial charge in [0.05, 0.1) is 19.8 Å². The average molecular weight is 393 g/mol. The Kier molecular flexibility index (Phi) is 10.2. The third-order valence-electron chi connectivity index (χ3n) is 4.18. The number of hydrogen-bond donors (Lipinski definition) is 3. The molecule has 0 radical (unpaired) electrons. The maximum absolute atomic E-state index is 11.1. The van der Waals surface area contributed by atoms with Crippen LogP contribution in [0.2, 0.25) is 0 Å². The molecule has 0 aliphatic carbocycles. The Morgan fingerprint density at radius 3 is 2.89 bits per heavy atom. The van der Waals surface area contributed by atoms with Crippen LogP contribution in [0.15, 0.2) is 29.3 Å². The Balaban J connectivity index is 1.52. The molecule has 0 saturated carbocycles. The Hall–Kier alpha value is -2.32. The summed E-state index contributed by atoms with van der Waals surface area (Å²) in [4.78, 5) is 15.3. The van der Waals surface area contributed by atoms with Gasteiger partial charge in [-0.1, -0.05) is 6.07 Å². The van der Waals surface area contributed by atoms with Gasteiger partial charge < -0.3 is 30.2 Å². The third kappa shape index (κ3) is 9.05. The van der Waals surface area contributed by atoms with Crippen molar-refractivity contribution in [2.45, 2.75) is 19.8 Å². The van der Waals surface area contributed by atoms with E-state index < -0.39 is 0 Å². The minimum absolute atomic E-state index is 0.105. The molecule has 28 heavy (non-hydrogen) atoms. The largest absolute Gasteiger partial charge is 0.492 e. The zero-order valence-corrected chi connectivity index (χ0v) is 16.8. The van der Waals surface area contributed by atoms with Gasteiger partial charge in [-0.15, -0.1) is 0 Å². The smallest absolute Gasteiger partial charge is 0.221 e. The van der Waals surface area contributed by atoms with Crippen molar-refractivity contribution in [2.75, 3.05) is 58.5 Å². The number of anilines is 1. The minimum Gasteiger partial charge on any atom is -0.492 e. The van der Waals surface area contributed by atoms with Crippen molar-refractivity contribution in [1.29, 1.82) is 0 Å². The molecule has 1 aliphatic rings. The number of guanidine groups is 1. The molecule has 1 aliphatic heterocycles.